The number of nitro groups is 1. The second-order valence-electron chi connectivity index (χ2n) is 6.14. The van der Waals surface area contributed by atoms with E-state index in [-0.39, 0.29) is 36.3 Å². The maximum Gasteiger partial charge on any atom is 0.305 e. The summed E-state index contributed by atoms with van der Waals surface area (Å²) in [4.78, 5) is 35.5. The zero-order valence-electron chi connectivity index (χ0n) is 13.7. The van der Waals surface area contributed by atoms with E-state index in [9.17, 15) is 19.7 Å². The second kappa shape index (κ2) is 7.29. The number of rotatable bonds is 8. The lowest BCUT2D eigenvalue weighted by atomic mass is 10.1. The molecule has 1 aromatic rings. The molecule has 1 aliphatic rings. The van der Waals surface area contributed by atoms with Crippen molar-refractivity contribution in [2.75, 3.05) is 11.9 Å². The van der Waals surface area contributed by atoms with Crippen molar-refractivity contribution in [1.82, 2.24) is 4.90 Å². The highest BCUT2D eigenvalue weighted by Crippen LogP contribution is 2.31. The number of aliphatic carboxylic acids is 1. The van der Waals surface area contributed by atoms with Gasteiger partial charge in [0.25, 0.3) is 11.6 Å². The minimum absolute atomic E-state index is 0.0572. The molecule has 1 fully saturated rings. The summed E-state index contributed by atoms with van der Waals surface area (Å²) in [6.45, 7) is 3.61. The van der Waals surface area contributed by atoms with Gasteiger partial charge in [-0.3, -0.25) is 19.7 Å². The number of amides is 1. The zero-order chi connectivity index (χ0) is 17.9. The van der Waals surface area contributed by atoms with Crippen LogP contribution < -0.4 is 5.32 Å². The fourth-order valence-electron chi connectivity index (χ4n) is 2.36. The third-order valence-corrected chi connectivity index (χ3v) is 3.83. The minimum Gasteiger partial charge on any atom is -0.481 e. The van der Waals surface area contributed by atoms with Gasteiger partial charge >= 0.3 is 5.97 Å². The van der Waals surface area contributed by atoms with E-state index in [2.05, 4.69) is 5.32 Å². The van der Waals surface area contributed by atoms with E-state index in [1.54, 1.807) is 19.9 Å². The Morgan fingerprint density at radius 1 is 1.42 bits per heavy atom. The molecule has 8 nitrogen and oxygen atoms in total. The standard InChI is InChI=1S/C16H21N3O5/c1-10(2)18(8-7-15(20)21)16(22)11-3-6-13(17-12-4-5-12)14(9-11)19(23)24/h3,6,9-10,12,17H,4-5,7-8H2,1-2H3,(H,20,21). The first-order valence-corrected chi connectivity index (χ1v) is 7.87. The monoisotopic (exact) mass is 335 g/mol. The third-order valence-electron chi connectivity index (χ3n) is 3.83. The first kappa shape index (κ1) is 17.7. The molecule has 130 valence electrons. The van der Waals surface area contributed by atoms with Gasteiger partial charge in [-0.15, -0.1) is 0 Å². The lowest BCUT2D eigenvalue weighted by Crippen LogP contribution is -2.38. The molecule has 1 amide bonds. The van der Waals surface area contributed by atoms with Gasteiger partial charge in [0.1, 0.15) is 5.69 Å². The number of carbonyl (C=O) groups excluding carboxylic acids is 1. The average Bonchev–Trinajstić information content (AvgIpc) is 3.30. The molecular formula is C16H21N3O5. The fraction of sp³-hybridized carbons (Fsp3) is 0.500. The van der Waals surface area contributed by atoms with Crippen LogP contribution >= 0.6 is 0 Å². The van der Waals surface area contributed by atoms with Crippen LogP contribution in [0.3, 0.4) is 0 Å². The summed E-state index contributed by atoms with van der Waals surface area (Å²) >= 11 is 0. The molecule has 1 aromatic carbocycles. The zero-order valence-corrected chi connectivity index (χ0v) is 13.7. The Hall–Kier alpha value is -2.64. The lowest BCUT2D eigenvalue weighted by Gasteiger charge is -2.26. The molecule has 1 aliphatic carbocycles. The van der Waals surface area contributed by atoms with Crippen LogP contribution in [0.4, 0.5) is 11.4 Å². The number of nitrogens with zero attached hydrogens (tertiary/aromatic N) is 2. The summed E-state index contributed by atoms with van der Waals surface area (Å²) in [5.74, 6) is -1.41. The van der Waals surface area contributed by atoms with Crippen LogP contribution in [0.5, 0.6) is 0 Å². The highest BCUT2D eigenvalue weighted by atomic mass is 16.6. The molecule has 8 heteroatoms. The van der Waals surface area contributed by atoms with Crippen molar-refractivity contribution in [1.29, 1.82) is 0 Å². The van der Waals surface area contributed by atoms with Gasteiger partial charge in [0.05, 0.1) is 11.3 Å². The Kier molecular flexibility index (Phi) is 5.38. The topological polar surface area (TPSA) is 113 Å². The molecule has 0 bridgehead atoms. The van der Waals surface area contributed by atoms with Crippen molar-refractivity contribution >= 4 is 23.3 Å². The number of nitro benzene ring substituents is 1. The van der Waals surface area contributed by atoms with Crippen LogP contribution in [0.25, 0.3) is 0 Å². The van der Waals surface area contributed by atoms with Gasteiger partial charge in [0.15, 0.2) is 0 Å². The van der Waals surface area contributed by atoms with E-state index >= 15 is 0 Å². The summed E-state index contributed by atoms with van der Waals surface area (Å²) in [5.41, 5.74) is 0.442. The normalized spacial score (nSPS) is 13.6. The molecule has 0 saturated heterocycles. The number of carboxylic acids is 1. The van der Waals surface area contributed by atoms with Crippen molar-refractivity contribution in [3.63, 3.8) is 0 Å². The molecule has 2 N–H and O–H groups in total. The smallest absolute Gasteiger partial charge is 0.305 e. The van der Waals surface area contributed by atoms with Crippen LogP contribution in [0.1, 0.15) is 43.5 Å². The molecule has 0 atom stereocenters. The lowest BCUT2D eigenvalue weighted by molar-refractivity contribution is -0.384. The molecule has 0 unspecified atom stereocenters. The van der Waals surface area contributed by atoms with Gasteiger partial charge in [-0.05, 0) is 38.8 Å². The third kappa shape index (κ3) is 4.43. The first-order valence-electron chi connectivity index (χ1n) is 7.87. The predicted molar refractivity (Wildman–Crippen MR) is 88.2 cm³/mol. The Morgan fingerprint density at radius 2 is 2.08 bits per heavy atom. The van der Waals surface area contributed by atoms with Gasteiger partial charge in [0, 0.05) is 30.3 Å². The Bertz CT molecular complexity index is 655. The summed E-state index contributed by atoms with van der Waals surface area (Å²) in [5, 5.41) is 23.2. The number of nitrogens with one attached hydrogen (secondary N) is 1. The van der Waals surface area contributed by atoms with Crippen LogP contribution in [-0.2, 0) is 4.79 Å². The van der Waals surface area contributed by atoms with Crippen LogP contribution in [0, 0.1) is 10.1 Å². The largest absolute Gasteiger partial charge is 0.481 e. The average molecular weight is 335 g/mol. The molecule has 0 aromatic heterocycles. The molecule has 0 spiro atoms. The number of hydrogen-bond acceptors (Lipinski definition) is 5. The molecule has 2 rings (SSSR count). The number of benzene rings is 1. The SMILES string of the molecule is CC(C)N(CCC(=O)O)C(=O)c1ccc(NC2CC2)c([N+](=O)[O-])c1. The van der Waals surface area contributed by atoms with Crippen molar-refractivity contribution in [3.8, 4) is 0 Å². The molecule has 0 heterocycles. The van der Waals surface area contributed by atoms with E-state index in [4.69, 9.17) is 5.11 Å². The Labute approximate surface area is 139 Å². The Morgan fingerprint density at radius 3 is 2.58 bits per heavy atom. The molecule has 24 heavy (non-hydrogen) atoms. The highest BCUT2D eigenvalue weighted by Gasteiger charge is 2.27. The highest BCUT2D eigenvalue weighted by molar-refractivity contribution is 5.96. The van der Waals surface area contributed by atoms with E-state index in [1.165, 1.54) is 17.0 Å². The molecule has 0 radical (unpaired) electrons. The summed E-state index contributed by atoms with van der Waals surface area (Å²) in [6.07, 6.45) is 1.79. The van der Waals surface area contributed by atoms with Crippen molar-refractivity contribution < 1.29 is 19.6 Å². The quantitative estimate of drug-likeness (QED) is 0.557. The van der Waals surface area contributed by atoms with E-state index in [0.29, 0.717) is 5.69 Å². The predicted octanol–water partition coefficient (Wildman–Crippen LogP) is 2.49. The van der Waals surface area contributed by atoms with Gasteiger partial charge in [-0.2, -0.15) is 0 Å². The van der Waals surface area contributed by atoms with Gasteiger partial charge in [-0.25, -0.2) is 0 Å². The van der Waals surface area contributed by atoms with Gasteiger partial charge < -0.3 is 15.3 Å². The summed E-state index contributed by atoms with van der Waals surface area (Å²) in [6, 6.07) is 4.38. The molecule has 1 saturated carbocycles. The number of carbonyl (C=O) groups is 2. The fourth-order valence-corrected chi connectivity index (χ4v) is 2.36. The maximum atomic E-state index is 12.6. The molecule has 0 aliphatic heterocycles. The maximum absolute atomic E-state index is 12.6. The van der Waals surface area contributed by atoms with Crippen LogP contribution in [0.2, 0.25) is 0 Å². The summed E-state index contributed by atoms with van der Waals surface area (Å²) in [7, 11) is 0. The molecular weight excluding hydrogens is 314 g/mol. The van der Waals surface area contributed by atoms with Gasteiger partial charge in [0.2, 0.25) is 0 Å². The van der Waals surface area contributed by atoms with Crippen molar-refractivity contribution in [2.24, 2.45) is 0 Å². The number of hydrogen-bond donors (Lipinski definition) is 2. The van der Waals surface area contributed by atoms with E-state index in [0.717, 1.165) is 12.8 Å². The minimum atomic E-state index is -0.997. The van der Waals surface area contributed by atoms with Crippen LogP contribution in [-0.4, -0.2) is 45.4 Å². The second-order valence-corrected chi connectivity index (χ2v) is 6.14. The summed E-state index contributed by atoms with van der Waals surface area (Å²) < 4.78 is 0. The van der Waals surface area contributed by atoms with Crippen LogP contribution in [0.15, 0.2) is 18.2 Å². The number of carboxylic acid groups (broad SMARTS) is 1. The van der Waals surface area contributed by atoms with E-state index in [1.807, 2.05) is 0 Å². The first-order chi connectivity index (χ1) is 11.3. The number of anilines is 1. The van der Waals surface area contributed by atoms with Gasteiger partial charge in [-0.1, -0.05) is 0 Å². The van der Waals surface area contributed by atoms with Crippen molar-refractivity contribution in [3.05, 3.63) is 33.9 Å². The van der Waals surface area contributed by atoms with E-state index < -0.39 is 16.8 Å². The van der Waals surface area contributed by atoms with Crippen molar-refractivity contribution in [2.45, 2.75) is 45.2 Å². The Balaban J connectivity index is 2.24.